The topological polar surface area (TPSA) is 125 Å². The monoisotopic (exact) mass is 647 g/mol. The lowest BCUT2D eigenvalue weighted by atomic mass is 9.85. The van der Waals surface area contributed by atoms with Crippen LogP contribution in [0.3, 0.4) is 0 Å². The molecule has 2 aliphatic rings. The van der Waals surface area contributed by atoms with Crippen molar-refractivity contribution in [2.45, 2.75) is 61.9 Å². The van der Waals surface area contributed by atoms with Crippen molar-refractivity contribution in [1.29, 1.82) is 0 Å². The van der Waals surface area contributed by atoms with Crippen LogP contribution < -0.4 is 4.90 Å². The Hall–Kier alpha value is -4.31. The molecule has 2 fully saturated rings. The molecule has 0 spiro atoms. The summed E-state index contributed by atoms with van der Waals surface area (Å²) in [6.07, 6.45) is 7.31. The molecule has 0 radical (unpaired) electrons. The van der Waals surface area contributed by atoms with Gasteiger partial charge in [0.1, 0.15) is 6.04 Å². The number of aromatic nitrogens is 5. The zero-order valence-electron chi connectivity index (χ0n) is 23.6. The maximum absolute atomic E-state index is 14.5. The van der Waals surface area contributed by atoms with E-state index in [1.165, 1.54) is 11.3 Å². The Labute approximate surface area is 254 Å². The fourth-order valence-corrected chi connectivity index (χ4v) is 7.49. The number of nitrogens with one attached hydrogen (secondary N) is 1. The van der Waals surface area contributed by atoms with Crippen molar-refractivity contribution in [2.75, 3.05) is 11.4 Å². The van der Waals surface area contributed by atoms with Crippen LogP contribution in [0.4, 0.5) is 27.6 Å². The Bertz CT molecular complexity index is 1790. The number of anilines is 1. The fraction of sp³-hybridized carbons (Fsp3) is 0.345. The van der Waals surface area contributed by atoms with Crippen LogP contribution in [0.1, 0.15) is 55.7 Å². The van der Waals surface area contributed by atoms with Crippen molar-refractivity contribution in [1.82, 2.24) is 29.9 Å². The molecule has 1 atom stereocenters. The summed E-state index contributed by atoms with van der Waals surface area (Å²) in [6, 6.07) is 8.62. The Kier molecular flexibility index (Phi) is 8.35. The minimum atomic E-state index is -5.32. The molecule has 1 amide bonds. The molecule has 1 saturated heterocycles. The first-order valence-corrected chi connectivity index (χ1v) is 15.6. The number of H-pyrrole nitrogens is 1. The van der Waals surface area contributed by atoms with Gasteiger partial charge in [-0.05, 0) is 66.3 Å². The zero-order chi connectivity index (χ0) is 31.9. The smallest absolute Gasteiger partial charge is 0.249 e. The largest absolute Gasteiger partial charge is 0.305 e. The van der Waals surface area contributed by atoms with Crippen molar-refractivity contribution in [3.63, 3.8) is 0 Å². The van der Waals surface area contributed by atoms with Crippen LogP contribution in [-0.2, 0) is 21.4 Å². The number of benzene rings is 2. The van der Waals surface area contributed by atoms with Gasteiger partial charge in [0.2, 0.25) is 27.6 Å². The van der Waals surface area contributed by atoms with E-state index in [-0.39, 0.29) is 19.5 Å². The molecule has 4 aromatic rings. The normalized spacial score (nSPS) is 17.7. The molecule has 3 heterocycles. The number of aromatic amines is 1. The predicted octanol–water partition coefficient (Wildman–Crippen LogP) is 5.00. The second kappa shape index (κ2) is 12.2. The van der Waals surface area contributed by atoms with E-state index in [0.717, 1.165) is 31.2 Å². The molecule has 0 bridgehead atoms. The molecule has 1 unspecified atom stereocenters. The maximum Gasteiger partial charge on any atom is 0.249 e. The highest BCUT2D eigenvalue weighted by Crippen LogP contribution is 2.36. The first-order chi connectivity index (χ1) is 21.6. The van der Waals surface area contributed by atoms with Crippen molar-refractivity contribution < 1.29 is 35.2 Å². The number of tetrazole rings is 1. The minimum absolute atomic E-state index is 0.0566. The molecule has 1 aliphatic carbocycles. The van der Waals surface area contributed by atoms with Gasteiger partial charge < -0.3 is 4.90 Å². The lowest BCUT2D eigenvalue weighted by Crippen LogP contribution is -2.59. The van der Waals surface area contributed by atoms with Crippen molar-refractivity contribution >= 4 is 21.6 Å². The van der Waals surface area contributed by atoms with Gasteiger partial charge >= 0.3 is 0 Å². The standard InChI is InChI=1S/C29H26F5N7O3S/c30-22-23(31)25(33)27(26(34)24(22)32)45(43,44)41-13-12-21(41)29(42)40(20-10-7-17(8-11-20)28-36-38-39-37-28)15-19-9-6-18(14-35-19)16-4-2-1-3-5-16/h6-11,14,16,21H,1-5,12-13,15H2,(H,36,37,38,39). The molecule has 45 heavy (non-hydrogen) atoms. The fourth-order valence-electron chi connectivity index (χ4n) is 5.75. The number of halogens is 5. The first kappa shape index (κ1) is 30.7. The average molecular weight is 648 g/mol. The molecule has 2 aromatic heterocycles. The number of rotatable bonds is 8. The van der Waals surface area contributed by atoms with Gasteiger partial charge in [-0.1, -0.05) is 25.3 Å². The molecule has 10 nitrogen and oxygen atoms in total. The number of hydrogen-bond acceptors (Lipinski definition) is 7. The van der Waals surface area contributed by atoms with E-state index in [2.05, 4.69) is 25.6 Å². The first-order valence-electron chi connectivity index (χ1n) is 14.2. The van der Waals surface area contributed by atoms with E-state index in [0.29, 0.717) is 33.0 Å². The van der Waals surface area contributed by atoms with Crippen LogP contribution in [0, 0.1) is 29.1 Å². The third kappa shape index (κ3) is 5.67. The lowest BCUT2D eigenvalue weighted by Gasteiger charge is -2.41. The predicted molar refractivity (Wildman–Crippen MR) is 149 cm³/mol. The highest BCUT2D eigenvalue weighted by Gasteiger charge is 2.48. The molecule has 1 aliphatic heterocycles. The van der Waals surface area contributed by atoms with Crippen molar-refractivity contribution in [3.05, 3.63) is 82.9 Å². The van der Waals surface area contributed by atoms with Gasteiger partial charge in [0.25, 0.3) is 0 Å². The Morgan fingerprint density at radius 3 is 2.11 bits per heavy atom. The van der Waals surface area contributed by atoms with Crippen molar-refractivity contribution in [3.8, 4) is 11.4 Å². The number of carbonyl (C=O) groups excluding carboxylic acids is 1. The third-order valence-electron chi connectivity index (χ3n) is 8.28. The summed E-state index contributed by atoms with van der Waals surface area (Å²) in [5, 5.41) is 13.7. The highest BCUT2D eigenvalue weighted by atomic mass is 32.2. The van der Waals surface area contributed by atoms with E-state index in [9.17, 15) is 35.2 Å². The van der Waals surface area contributed by atoms with E-state index >= 15 is 0 Å². The van der Waals surface area contributed by atoms with Gasteiger partial charge in [0, 0.05) is 24.0 Å². The number of amides is 1. The van der Waals surface area contributed by atoms with Crippen LogP contribution in [0.15, 0.2) is 47.5 Å². The number of hydrogen-bond donors (Lipinski definition) is 1. The van der Waals surface area contributed by atoms with Crippen LogP contribution in [-0.4, -0.2) is 56.8 Å². The van der Waals surface area contributed by atoms with Crippen LogP contribution in [0.2, 0.25) is 0 Å². The number of pyridine rings is 1. The Morgan fingerprint density at radius 2 is 1.56 bits per heavy atom. The molecule has 1 N–H and O–H groups in total. The third-order valence-corrected chi connectivity index (χ3v) is 10.2. The number of carbonyl (C=O) groups is 1. The van der Waals surface area contributed by atoms with E-state index in [1.54, 1.807) is 36.5 Å². The summed E-state index contributed by atoms with van der Waals surface area (Å²) in [7, 11) is -5.32. The summed E-state index contributed by atoms with van der Waals surface area (Å²) in [5.41, 5.74) is 2.46. The average Bonchev–Trinajstić information content (AvgIpc) is 3.57. The zero-order valence-corrected chi connectivity index (χ0v) is 24.4. The van der Waals surface area contributed by atoms with Gasteiger partial charge in [-0.15, -0.1) is 10.2 Å². The van der Waals surface area contributed by atoms with Gasteiger partial charge in [-0.3, -0.25) is 9.78 Å². The van der Waals surface area contributed by atoms with Crippen LogP contribution in [0.5, 0.6) is 0 Å². The molecule has 2 aromatic carbocycles. The maximum atomic E-state index is 14.5. The quantitative estimate of drug-likeness (QED) is 0.162. The summed E-state index contributed by atoms with van der Waals surface area (Å²) >= 11 is 0. The summed E-state index contributed by atoms with van der Waals surface area (Å²) in [5.74, 6) is -12.4. The van der Waals surface area contributed by atoms with Gasteiger partial charge in [-0.2, -0.15) is 9.52 Å². The van der Waals surface area contributed by atoms with Gasteiger partial charge in [0.05, 0.1) is 12.2 Å². The van der Waals surface area contributed by atoms with E-state index in [1.807, 2.05) is 6.07 Å². The number of sulfonamides is 1. The molecule has 236 valence electrons. The molecule has 1 saturated carbocycles. The van der Waals surface area contributed by atoms with E-state index < -0.39 is 56.0 Å². The van der Waals surface area contributed by atoms with Crippen LogP contribution >= 0.6 is 0 Å². The second-order valence-electron chi connectivity index (χ2n) is 10.9. The minimum Gasteiger partial charge on any atom is -0.305 e. The molecular weight excluding hydrogens is 621 g/mol. The Morgan fingerprint density at radius 1 is 0.889 bits per heavy atom. The number of nitrogens with zero attached hydrogens (tertiary/aromatic N) is 6. The second-order valence-corrected chi connectivity index (χ2v) is 12.8. The summed E-state index contributed by atoms with van der Waals surface area (Å²) in [6.45, 7) is -0.477. The van der Waals surface area contributed by atoms with Gasteiger partial charge in [-0.25, -0.2) is 30.4 Å². The van der Waals surface area contributed by atoms with Crippen molar-refractivity contribution in [2.24, 2.45) is 0 Å². The van der Waals surface area contributed by atoms with Crippen LogP contribution in [0.25, 0.3) is 11.4 Å². The highest BCUT2D eigenvalue weighted by molar-refractivity contribution is 7.89. The lowest BCUT2D eigenvalue weighted by molar-refractivity contribution is -0.125. The molecule has 6 rings (SSSR count). The molecule has 16 heteroatoms. The van der Waals surface area contributed by atoms with Gasteiger partial charge in [0.15, 0.2) is 28.2 Å². The van der Waals surface area contributed by atoms with E-state index in [4.69, 9.17) is 0 Å². The Balaban J connectivity index is 1.31. The SMILES string of the molecule is O=C(C1CCN1S(=O)(=O)c1c(F)c(F)c(F)c(F)c1F)N(Cc1ccc(C2CCCCC2)cn1)c1ccc(-c2nn[nH]n2)cc1. The molecular formula is C29H26F5N7O3S. The summed E-state index contributed by atoms with van der Waals surface area (Å²) in [4.78, 5) is 17.8. The summed E-state index contributed by atoms with van der Waals surface area (Å²) < 4.78 is 97.4.